The number of allylic oxidation sites excluding steroid dienone is 1. The Bertz CT molecular complexity index is 762. The van der Waals surface area contributed by atoms with Crippen LogP contribution in [0.2, 0.25) is 0 Å². The van der Waals surface area contributed by atoms with E-state index in [1.54, 1.807) is 6.08 Å². The molecule has 0 amide bonds. The van der Waals surface area contributed by atoms with Crippen LogP contribution in [-0.4, -0.2) is 17.2 Å². The molecule has 3 heteroatoms. The molecule has 26 heavy (non-hydrogen) atoms. The topological polar surface area (TPSA) is 37.3 Å². The van der Waals surface area contributed by atoms with Gasteiger partial charge in [-0.2, -0.15) is 0 Å². The molecule has 0 saturated heterocycles. The minimum absolute atomic E-state index is 0.721. The molecule has 0 aliphatic rings. The number of rotatable bonds is 7. The lowest BCUT2D eigenvalue weighted by Gasteiger charge is -2.27. The van der Waals surface area contributed by atoms with Crippen LogP contribution in [0.25, 0.3) is 0 Å². The molecule has 0 bridgehead atoms. The molecule has 0 saturated carbocycles. The van der Waals surface area contributed by atoms with E-state index in [2.05, 4.69) is 72.8 Å². The Kier molecular flexibility index (Phi) is 5.99. The van der Waals surface area contributed by atoms with Crippen LogP contribution < -0.4 is 15.9 Å². The Hall–Kier alpha value is -2.70. The smallest absolute Gasteiger partial charge is 0.327 e. The van der Waals surface area contributed by atoms with Gasteiger partial charge in [-0.15, -0.1) is 0 Å². The molecule has 2 nitrogen and oxygen atoms in total. The standard InChI is InChI=1S/C23H21O2P/c24-23(25)18-10-11-19-26(20-12-4-1-5-13-20,21-14-6-2-7-15-21)22-16-8-3-9-17-22/h1-10,12-18H,11,19H2/p+1. The van der Waals surface area contributed by atoms with Gasteiger partial charge < -0.3 is 5.11 Å². The summed E-state index contributed by atoms with van der Waals surface area (Å²) in [6.07, 6.45) is 4.63. The van der Waals surface area contributed by atoms with E-state index in [0.717, 1.165) is 12.6 Å². The highest BCUT2D eigenvalue weighted by molar-refractivity contribution is 7.95. The number of benzene rings is 3. The predicted molar refractivity (Wildman–Crippen MR) is 111 cm³/mol. The maximum Gasteiger partial charge on any atom is 0.327 e. The van der Waals surface area contributed by atoms with Crippen LogP contribution in [0.3, 0.4) is 0 Å². The summed E-state index contributed by atoms with van der Waals surface area (Å²) in [6, 6.07) is 31.9. The molecule has 0 aliphatic heterocycles. The van der Waals surface area contributed by atoms with E-state index in [9.17, 15) is 4.79 Å². The van der Waals surface area contributed by atoms with E-state index in [0.29, 0.717) is 0 Å². The summed E-state index contributed by atoms with van der Waals surface area (Å²) >= 11 is 0. The molecule has 3 aromatic carbocycles. The Morgan fingerprint density at radius 1 is 0.731 bits per heavy atom. The second-order valence-electron chi connectivity index (χ2n) is 6.07. The van der Waals surface area contributed by atoms with Crippen molar-refractivity contribution in [2.45, 2.75) is 6.42 Å². The number of carboxylic acid groups (broad SMARTS) is 1. The molecule has 0 aliphatic carbocycles. The number of hydrogen-bond acceptors (Lipinski definition) is 1. The Morgan fingerprint density at radius 2 is 1.12 bits per heavy atom. The van der Waals surface area contributed by atoms with E-state index in [-0.39, 0.29) is 0 Å². The van der Waals surface area contributed by atoms with Gasteiger partial charge in [0.15, 0.2) is 0 Å². The summed E-state index contributed by atoms with van der Waals surface area (Å²) < 4.78 is 0. The molecule has 0 atom stereocenters. The van der Waals surface area contributed by atoms with E-state index < -0.39 is 13.2 Å². The lowest BCUT2D eigenvalue weighted by atomic mass is 10.3. The molecule has 0 unspecified atom stereocenters. The zero-order chi connectivity index (χ0) is 18.2. The molecular weight excluding hydrogens is 339 g/mol. The highest BCUT2D eigenvalue weighted by atomic mass is 31.2. The van der Waals surface area contributed by atoms with Crippen molar-refractivity contribution in [3.8, 4) is 0 Å². The lowest BCUT2D eigenvalue weighted by molar-refractivity contribution is -0.131. The van der Waals surface area contributed by atoms with Crippen molar-refractivity contribution in [1.29, 1.82) is 0 Å². The number of hydrogen-bond donors (Lipinski definition) is 1. The van der Waals surface area contributed by atoms with Crippen LogP contribution in [0.1, 0.15) is 6.42 Å². The van der Waals surface area contributed by atoms with Crippen molar-refractivity contribution in [1.82, 2.24) is 0 Å². The fraction of sp³-hybridized carbons (Fsp3) is 0.0870. The summed E-state index contributed by atoms with van der Waals surface area (Å²) in [6.45, 7) is 0. The van der Waals surface area contributed by atoms with E-state index in [1.807, 2.05) is 18.2 Å². The van der Waals surface area contributed by atoms with E-state index in [4.69, 9.17) is 5.11 Å². The van der Waals surface area contributed by atoms with E-state index >= 15 is 0 Å². The maximum atomic E-state index is 10.9. The van der Waals surface area contributed by atoms with Gasteiger partial charge in [0.05, 0.1) is 6.16 Å². The van der Waals surface area contributed by atoms with Crippen LogP contribution in [-0.2, 0) is 4.79 Å². The maximum absolute atomic E-state index is 10.9. The number of aliphatic carboxylic acids is 1. The monoisotopic (exact) mass is 361 g/mol. The fourth-order valence-electron chi connectivity index (χ4n) is 3.33. The van der Waals surface area contributed by atoms with Gasteiger partial charge in [-0.1, -0.05) is 60.7 Å². The Labute approximate surface area is 155 Å². The first kappa shape index (κ1) is 18.1. The Balaban J connectivity index is 2.16. The SMILES string of the molecule is O=C(O)C=CCC[P+](c1ccccc1)(c1ccccc1)c1ccccc1. The molecule has 0 spiro atoms. The number of carboxylic acids is 1. The fourth-order valence-corrected chi connectivity index (χ4v) is 7.58. The summed E-state index contributed by atoms with van der Waals surface area (Å²) in [5, 5.41) is 12.9. The van der Waals surface area contributed by atoms with Gasteiger partial charge in [0.2, 0.25) is 0 Å². The van der Waals surface area contributed by atoms with Crippen LogP contribution >= 0.6 is 7.26 Å². The predicted octanol–water partition coefficient (Wildman–Crippen LogP) is 4.01. The minimum atomic E-state index is -1.86. The normalized spacial score (nSPS) is 11.5. The van der Waals surface area contributed by atoms with Gasteiger partial charge in [0.1, 0.15) is 23.2 Å². The first-order valence-corrected chi connectivity index (χ1v) is 10.7. The van der Waals surface area contributed by atoms with Crippen LogP contribution in [0.5, 0.6) is 0 Å². The largest absolute Gasteiger partial charge is 0.478 e. The summed E-state index contributed by atoms with van der Waals surface area (Å²) in [5.74, 6) is -0.895. The quantitative estimate of drug-likeness (QED) is 0.510. The average molecular weight is 361 g/mol. The van der Waals surface area contributed by atoms with Crippen molar-refractivity contribution < 1.29 is 9.90 Å². The highest BCUT2D eigenvalue weighted by Gasteiger charge is 2.44. The third-order valence-electron chi connectivity index (χ3n) is 4.48. The zero-order valence-electron chi connectivity index (χ0n) is 14.5. The molecule has 0 fully saturated rings. The van der Waals surface area contributed by atoms with Crippen molar-refractivity contribution in [2.24, 2.45) is 0 Å². The van der Waals surface area contributed by atoms with Crippen molar-refractivity contribution >= 4 is 29.1 Å². The van der Waals surface area contributed by atoms with Crippen molar-refractivity contribution in [2.75, 3.05) is 6.16 Å². The van der Waals surface area contributed by atoms with Gasteiger partial charge in [0.25, 0.3) is 0 Å². The molecule has 0 aromatic heterocycles. The summed E-state index contributed by atoms with van der Waals surface area (Å²) in [7, 11) is -1.86. The molecule has 3 aromatic rings. The minimum Gasteiger partial charge on any atom is -0.478 e. The van der Waals surface area contributed by atoms with Gasteiger partial charge in [-0.05, 0) is 36.4 Å². The van der Waals surface area contributed by atoms with Crippen LogP contribution in [0.15, 0.2) is 103 Å². The lowest BCUT2D eigenvalue weighted by Crippen LogP contribution is -2.33. The number of carbonyl (C=O) groups is 1. The van der Waals surface area contributed by atoms with E-state index in [1.165, 1.54) is 22.0 Å². The molecular formula is C23H22O2P+. The summed E-state index contributed by atoms with van der Waals surface area (Å²) in [5.41, 5.74) is 0. The zero-order valence-corrected chi connectivity index (χ0v) is 15.4. The first-order valence-electron chi connectivity index (χ1n) is 8.68. The van der Waals surface area contributed by atoms with Crippen molar-refractivity contribution in [3.63, 3.8) is 0 Å². The highest BCUT2D eigenvalue weighted by Crippen LogP contribution is 2.55. The second kappa shape index (κ2) is 8.60. The van der Waals surface area contributed by atoms with Gasteiger partial charge in [-0.3, -0.25) is 0 Å². The molecule has 0 heterocycles. The van der Waals surface area contributed by atoms with Gasteiger partial charge >= 0.3 is 5.97 Å². The van der Waals surface area contributed by atoms with Gasteiger partial charge in [-0.25, -0.2) is 4.79 Å². The second-order valence-corrected chi connectivity index (χ2v) is 9.69. The average Bonchev–Trinajstić information content (AvgIpc) is 2.70. The molecule has 3 rings (SSSR count). The molecule has 0 radical (unpaired) electrons. The third-order valence-corrected chi connectivity index (χ3v) is 8.95. The van der Waals surface area contributed by atoms with Gasteiger partial charge in [0, 0.05) is 12.5 Å². The summed E-state index contributed by atoms with van der Waals surface area (Å²) in [4.78, 5) is 10.9. The molecule has 1 N–H and O–H groups in total. The molecule has 130 valence electrons. The first-order chi connectivity index (χ1) is 12.7. The Morgan fingerprint density at radius 3 is 1.46 bits per heavy atom. The van der Waals surface area contributed by atoms with Crippen LogP contribution in [0.4, 0.5) is 0 Å². The van der Waals surface area contributed by atoms with Crippen LogP contribution in [0, 0.1) is 0 Å². The van der Waals surface area contributed by atoms with Crippen molar-refractivity contribution in [3.05, 3.63) is 103 Å². The third kappa shape index (κ3) is 3.92.